The van der Waals surface area contributed by atoms with Gasteiger partial charge in [0, 0.05) is 38.8 Å². The van der Waals surface area contributed by atoms with Gasteiger partial charge in [-0.25, -0.2) is 4.98 Å². The third kappa shape index (κ3) is 4.21. The molecule has 0 aliphatic rings. The van der Waals surface area contributed by atoms with Crippen molar-refractivity contribution in [3.05, 3.63) is 182 Å². The Bertz CT molecular complexity index is 2770. The van der Waals surface area contributed by atoms with Crippen LogP contribution in [-0.4, -0.2) is 18.7 Å². The fraction of sp³-hybridized carbons (Fsp3) is 0. The van der Waals surface area contributed by atoms with Crippen LogP contribution in [0, 0.1) is 0 Å². The molecular weight excluding hydrogens is 597 g/mol. The Morgan fingerprint density at radius 2 is 0.816 bits per heavy atom. The Morgan fingerprint density at radius 1 is 0.327 bits per heavy atom. The Hall–Kier alpha value is -6.65. The molecule has 0 spiro atoms. The molecular formula is C45H30N4. The van der Waals surface area contributed by atoms with Gasteiger partial charge in [-0.2, -0.15) is 0 Å². The van der Waals surface area contributed by atoms with Crippen LogP contribution in [0.2, 0.25) is 0 Å². The van der Waals surface area contributed by atoms with E-state index in [1.807, 2.05) is 0 Å². The highest BCUT2D eigenvalue weighted by Gasteiger charge is 2.26. The molecule has 3 aromatic heterocycles. The quantitative estimate of drug-likeness (QED) is 0.187. The maximum atomic E-state index is 5.48. The van der Waals surface area contributed by atoms with Crippen molar-refractivity contribution in [2.45, 2.75) is 0 Å². The number of rotatable bonds is 5. The van der Waals surface area contributed by atoms with E-state index in [4.69, 9.17) is 4.98 Å². The van der Waals surface area contributed by atoms with Gasteiger partial charge < -0.3 is 4.57 Å². The summed E-state index contributed by atoms with van der Waals surface area (Å²) in [6.07, 6.45) is 0. The minimum absolute atomic E-state index is 0.917. The lowest BCUT2D eigenvalue weighted by Crippen LogP contribution is -1.98. The van der Waals surface area contributed by atoms with Crippen LogP contribution in [0.4, 0.5) is 0 Å². The zero-order chi connectivity index (χ0) is 32.3. The molecule has 230 valence electrons. The van der Waals surface area contributed by atoms with Gasteiger partial charge in [0.2, 0.25) is 0 Å². The topological polar surface area (TPSA) is 27.7 Å². The van der Waals surface area contributed by atoms with Crippen LogP contribution in [0.1, 0.15) is 0 Å². The summed E-state index contributed by atoms with van der Waals surface area (Å²) in [5.74, 6) is 0.917. The molecule has 0 aliphatic heterocycles. The third-order valence-corrected chi connectivity index (χ3v) is 9.66. The van der Waals surface area contributed by atoms with E-state index in [2.05, 4.69) is 196 Å². The Labute approximate surface area is 283 Å². The molecule has 4 nitrogen and oxygen atoms in total. The van der Waals surface area contributed by atoms with Crippen molar-refractivity contribution in [1.82, 2.24) is 18.7 Å². The Morgan fingerprint density at radius 3 is 1.47 bits per heavy atom. The maximum Gasteiger partial charge on any atom is 0.165 e. The molecule has 0 saturated heterocycles. The van der Waals surface area contributed by atoms with Crippen molar-refractivity contribution in [1.29, 1.82) is 0 Å². The van der Waals surface area contributed by atoms with E-state index in [9.17, 15) is 0 Å². The molecule has 0 atom stereocenters. The molecule has 0 radical (unpaired) electrons. The maximum absolute atomic E-state index is 5.48. The smallest absolute Gasteiger partial charge is 0.165 e. The van der Waals surface area contributed by atoms with Gasteiger partial charge in [-0.15, -0.1) is 0 Å². The molecule has 10 rings (SSSR count). The number of hydrogen-bond acceptors (Lipinski definition) is 1. The molecule has 0 aliphatic carbocycles. The first-order valence-corrected chi connectivity index (χ1v) is 16.7. The lowest BCUT2D eigenvalue weighted by molar-refractivity contribution is 1.10. The minimum atomic E-state index is 0.917. The van der Waals surface area contributed by atoms with Crippen molar-refractivity contribution < 1.29 is 0 Å². The molecule has 0 bridgehead atoms. The lowest BCUT2D eigenvalue weighted by atomic mass is 10.1. The highest BCUT2D eigenvalue weighted by molar-refractivity contribution is 6.28. The zero-order valence-corrected chi connectivity index (χ0v) is 26.6. The summed E-state index contributed by atoms with van der Waals surface area (Å²) in [5, 5.41) is 3.62. The Kier molecular flexibility index (Phi) is 6.15. The molecule has 49 heavy (non-hydrogen) atoms. The number of benzene rings is 7. The average Bonchev–Trinajstić information content (AvgIpc) is 3.83. The van der Waals surface area contributed by atoms with E-state index < -0.39 is 0 Å². The zero-order valence-electron chi connectivity index (χ0n) is 26.6. The van der Waals surface area contributed by atoms with Crippen LogP contribution in [0.3, 0.4) is 0 Å². The fourth-order valence-corrected chi connectivity index (χ4v) is 7.54. The normalized spacial score (nSPS) is 11.7. The van der Waals surface area contributed by atoms with Crippen LogP contribution in [0.25, 0.3) is 83.4 Å². The molecule has 0 fully saturated rings. The molecule has 0 amide bonds. The fourth-order valence-electron chi connectivity index (χ4n) is 7.54. The molecule has 0 N–H and O–H groups in total. The standard InChI is InChI=1S/C45H30N4/c1-5-15-31(16-6-1)32-25-27-36(28-26-32)47-38-24-14-13-23-37(38)41-39(47)29-30-40-42(41)43-45(48(40)34-19-9-3-10-20-34)46-44(33-17-7-2-8-18-33)49(43)35-21-11-4-12-22-35/h1-30H. The second-order valence-electron chi connectivity index (χ2n) is 12.4. The monoisotopic (exact) mass is 626 g/mol. The van der Waals surface area contributed by atoms with Crippen LogP contribution in [0.5, 0.6) is 0 Å². The summed E-state index contributed by atoms with van der Waals surface area (Å²) in [6, 6.07) is 64.6. The van der Waals surface area contributed by atoms with Crippen LogP contribution in [0.15, 0.2) is 182 Å². The van der Waals surface area contributed by atoms with Gasteiger partial charge in [0.15, 0.2) is 5.65 Å². The number of fused-ring (bicyclic) bond motifs is 7. The van der Waals surface area contributed by atoms with Gasteiger partial charge in [-0.05, 0) is 65.7 Å². The summed E-state index contributed by atoms with van der Waals surface area (Å²) in [5.41, 5.74) is 12.3. The number of aromatic nitrogens is 4. The lowest BCUT2D eigenvalue weighted by Gasteiger charge is -2.11. The highest BCUT2D eigenvalue weighted by atomic mass is 15.2. The molecule has 3 heterocycles. The summed E-state index contributed by atoms with van der Waals surface area (Å²) < 4.78 is 7.09. The van der Waals surface area contributed by atoms with E-state index in [-0.39, 0.29) is 0 Å². The van der Waals surface area contributed by atoms with Gasteiger partial charge in [0.1, 0.15) is 11.3 Å². The van der Waals surface area contributed by atoms with E-state index in [1.165, 1.54) is 32.8 Å². The molecule has 0 saturated carbocycles. The van der Waals surface area contributed by atoms with Crippen LogP contribution < -0.4 is 0 Å². The number of nitrogens with zero attached hydrogens (tertiary/aromatic N) is 4. The summed E-state index contributed by atoms with van der Waals surface area (Å²) in [4.78, 5) is 5.48. The molecule has 0 unspecified atom stereocenters. The van der Waals surface area contributed by atoms with Crippen LogP contribution >= 0.6 is 0 Å². The third-order valence-electron chi connectivity index (χ3n) is 9.66. The van der Waals surface area contributed by atoms with E-state index >= 15 is 0 Å². The second-order valence-corrected chi connectivity index (χ2v) is 12.4. The molecule has 4 heteroatoms. The first kappa shape index (κ1) is 27.5. The van der Waals surface area contributed by atoms with Gasteiger partial charge in [0.05, 0.1) is 16.6 Å². The van der Waals surface area contributed by atoms with Gasteiger partial charge in [-0.3, -0.25) is 9.13 Å². The van der Waals surface area contributed by atoms with Crippen molar-refractivity contribution in [3.63, 3.8) is 0 Å². The average molecular weight is 627 g/mol. The van der Waals surface area contributed by atoms with Crippen LogP contribution in [-0.2, 0) is 0 Å². The van der Waals surface area contributed by atoms with E-state index in [1.54, 1.807) is 0 Å². The van der Waals surface area contributed by atoms with Crippen molar-refractivity contribution >= 4 is 43.9 Å². The number of hydrogen-bond donors (Lipinski definition) is 0. The van der Waals surface area contributed by atoms with Crippen molar-refractivity contribution in [2.24, 2.45) is 0 Å². The molecule has 10 aromatic rings. The summed E-state index contributed by atoms with van der Waals surface area (Å²) in [6.45, 7) is 0. The highest BCUT2D eigenvalue weighted by Crippen LogP contribution is 2.44. The minimum Gasteiger partial charge on any atom is -0.309 e. The predicted molar refractivity (Wildman–Crippen MR) is 203 cm³/mol. The molecule has 7 aromatic carbocycles. The number of para-hydroxylation sites is 3. The summed E-state index contributed by atoms with van der Waals surface area (Å²) in [7, 11) is 0. The Balaban J connectivity index is 1.36. The van der Waals surface area contributed by atoms with Gasteiger partial charge in [0.25, 0.3) is 0 Å². The first-order chi connectivity index (χ1) is 24.3. The SMILES string of the molecule is c1ccc(-c2ccc(-n3c4ccccc4c4c5c6c(nc(-c7ccccc7)n6-c6ccccc6)n(-c6ccccc6)c5ccc43)cc2)cc1. The second kappa shape index (κ2) is 11.0. The first-order valence-electron chi connectivity index (χ1n) is 16.7. The van der Waals surface area contributed by atoms with Gasteiger partial charge >= 0.3 is 0 Å². The van der Waals surface area contributed by atoms with Gasteiger partial charge in [-0.1, -0.05) is 127 Å². The van der Waals surface area contributed by atoms with E-state index in [0.29, 0.717) is 0 Å². The van der Waals surface area contributed by atoms with Crippen molar-refractivity contribution in [2.75, 3.05) is 0 Å². The summed E-state index contributed by atoms with van der Waals surface area (Å²) >= 11 is 0. The number of imidazole rings is 1. The predicted octanol–water partition coefficient (Wildman–Crippen LogP) is 11.4. The largest absolute Gasteiger partial charge is 0.309 e. The van der Waals surface area contributed by atoms with E-state index in [0.717, 1.165) is 50.6 Å². The van der Waals surface area contributed by atoms with Crippen molar-refractivity contribution in [3.8, 4) is 39.6 Å².